The number of hydrogen-bond acceptors (Lipinski definition) is 4. The Bertz CT molecular complexity index is 987. The molecule has 6 heteroatoms. The lowest BCUT2D eigenvalue weighted by Gasteiger charge is -2.02. The molecule has 0 N–H and O–H groups in total. The lowest BCUT2D eigenvalue weighted by molar-refractivity contribution is 0.701. The predicted octanol–water partition coefficient (Wildman–Crippen LogP) is 2.75. The van der Waals surface area contributed by atoms with Crippen LogP contribution in [0.5, 0.6) is 0 Å². The Balaban J connectivity index is 1.84. The first-order valence-corrected chi connectivity index (χ1v) is 8.16. The zero-order chi connectivity index (χ0) is 15.6. The molecule has 0 atom stereocenters. The Morgan fingerprint density at radius 2 is 1.91 bits per heavy atom. The molecule has 5 nitrogen and oxygen atoms in total. The summed E-state index contributed by atoms with van der Waals surface area (Å²) < 4.78 is 3.49. The van der Waals surface area contributed by atoms with Crippen LogP contribution in [0.4, 0.5) is 0 Å². The van der Waals surface area contributed by atoms with Crippen LogP contribution in [-0.4, -0.2) is 19.1 Å². The summed E-state index contributed by atoms with van der Waals surface area (Å²) in [6, 6.07) is 11.7. The van der Waals surface area contributed by atoms with Gasteiger partial charge >= 0.3 is 5.69 Å². The lowest BCUT2D eigenvalue weighted by Crippen LogP contribution is -2.25. The van der Waals surface area contributed by atoms with E-state index in [2.05, 4.69) is 9.97 Å². The summed E-state index contributed by atoms with van der Waals surface area (Å²) in [6.45, 7) is 1.04. The maximum absolute atomic E-state index is 12.9. The van der Waals surface area contributed by atoms with Crippen LogP contribution in [0.3, 0.4) is 0 Å². The molecule has 4 aromatic heterocycles. The Morgan fingerprint density at radius 3 is 2.70 bits per heavy atom. The third kappa shape index (κ3) is 2.57. The van der Waals surface area contributed by atoms with Gasteiger partial charge in [0, 0.05) is 23.5 Å². The maximum atomic E-state index is 12.9. The molecule has 4 heterocycles. The third-order valence-electron chi connectivity index (χ3n) is 3.73. The van der Waals surface area contributed by atoms with Crippen LogP contribution < -0.4 is 5.69 Å². The van der Waals surface area contributed by atoms with Gasteiger partial charge in [0.05, 0.1) is 18.6 Å². The van der Waals surface area contributed by atoms with Gasteiger partial charge < -0.3 is 0 Å². The van der Waals surface area contributed by atoms with Crippen molar-refractivity contribution >= 4 is 22.5 Å². The van der Waals surface area contributed by atoms with E-state index in [0.717, 1.165) is 21.6 Å². The van der Waals surface area contributed by atoms with Gasteiger partial charge in [-0.1, -0.05) is 12.1 Å². The van der Waals surface area contributed by atoms with Crippen molar-refractivity contribution in [2.24, 2.45) is 0 Å². The van der Waals surface area contributed by atoms with E-state index in [1.807, 2.05) is 41.8 Å². The molecule has 4 aromatic rings. The summed E-state index contributed by atoms with van der Waals surface area (Å²) in [5.41, 5.74) is 2.51. The zero-order valence-corrected chi connectivity index (χ0v) is 13.1. The van der Waals surface area contributed by atoms with Gasteiger partial charge in [-0.25, -0.2) is 9.78 Å². The number of aromatic nitrogens is 4. The van der Waals surface area contributed by atoms with E-state index in [1.54, 1.807) is 39.1 Å². The molecule has 0 saturated carbocycles. The topological polar surface area (TPSA) is 52.7 Å². The highest BCUT2D eigenvalue weighted by atomic mass is 32.1. The monoisotopic (exact) mass is 322 g/mol. The highest BCUT2D eigenvalue weighted by Gasteiger charge is 2.14. The van der Waals surface area contributed by atoms with Crippen LogP contribution in [0.15, 0.2) is 65.2 Å². The van der Waals surface area contributed by atoms with Crippen LogP contribution in [0.25, 0.3) is 11.2 Å². The van der Waals surface area contributed by atoms with Crippen molar-refractivity contribution in [3.63, 3.8) is 0 Å². The second-order valence-corrected chi connectivity index (χ2v) is 6.27. The van der Waals surface area contributed by atoms with Gasteiger partial charge in [0.1, 0.15) is 0 Å². The normalized spacial score (nSPS) is 11.1. The first kappa shape index (κ1) is 13.9. The first-order valence-electron chi connectivity index (χ1n) is 7.28. The summed E-state index contributed by atoms with van der Waals surface area (Å²) in [5, 5.41) is 2.02. The third-order valence-corrected chi connectivity index (χ3v) is 4.59. The van der Waals surface area contributed by atoms with Gasteiger partial charge in [0.25, 0.3) is 0 Å². The standard InChI is InChI=1S/C17H14N4OS/c22-17-20(11-13-4-1-7-18-10-13)15-6-2-8-19-16(15)21(17)12-14-5-3-9-23-14/h1-10H,11-12H2. The average Bonchev–Trinajstić information content (AvgIpc) is 3.19. The van der Waals surface area contributed by atoms with Crippen molar-refractivity contribution in [3.8, 4) is 0 Å². The van der Waals surface area contributed by atoms with Gasteiger partial charge in [-0.3, -0.25) is 14.1 Å². The smallest absolute Gasteiger partial charge is 0.286 e. The fourth-order valence-corrected chi connectivity index (χ4v) is 3.37. The van der Waals surface area contributed by atoms with Crippen LogP contribution in [-0.2, 0) is 13.1 Å². The van der Waals surface area contributed by atoms with Gasteiger partial charge in [0.2, 0.25) is 0 Å². The number of rotatable bonds is 4. The molecule has 0 spiro atoms. The fourth-order valence-electron chi connectivity index (χ4n) is 2.67. The summed E-state index contributed by atoms with van der Waals surface area (Å²) >= 11 is 1.64. The number of nitrogens with zero attached hydrogens (tertiary/aromatic N) is 4. The van der Waals surface area contributed by atoms with Gasteiger partial charge in [-0.15, -0.1) is 11.3 Å². The molecule has 114 valence electrons. The molecule has 0 fully saturated rings. The molecule has 23 heavy (non-hydrogen) atoms. The van der Waals surface area contributed by atoms with E-state index in [1.165, 1.54) is 0 Å². The van der Waals surface area contributed by atoms with Gasteiger partial charge in [-0.05, 0) is 35.2 Å². The van der Waals surface area contributed by atoms with Crippen LogP contribution >= 0.6 is 11.3 Å². The van der Waals surface area contributed by atoms with Crippen molar-refractivity contribution in [2.45, 2.75) is 13.1 Å². The van der Waals surface area contributed by atoms with Crippen molar-refractivity contribution < 1.29 is 0 Å². The van der Waals surface area contributed by atoms with E-state index in [9.17, 15) is 4.79 Å². The molecule has 0 saturated heterocycles. The molecule has 0 aliphatic rings. The zero-order valence-electron chi connectivity index (χ0n) is 12.3. The van der Waals surface area contributed by atoms with Crippen LogP contribution in [0, 0.1) is 0 Å². The summed E-state index contributed by atoms with van der Waals surface area (Å²) in [7, 11) is 0. The van der Waals surface area contributed by atoms with E-state index >= 15 is 0 Å². The Labute approximate surface area is 136 Å². The second-order valence-electron chi connectivity index (χ2n) is 5.24. The first-order chi connectivity index (χ1) is 11.3. The van der Waals surface area contributed by atoms with E-state index < -0.39 is 0 Å². The fraction of sp³-hybridized carbons (Fsp3) is 0.118. The highest BCUT2D eigenvalue weighted by molar-refractivity contribution is 7.09. The molecule has 0 unspecified atom stereocenters. The van der Waals surface area contributed by atoms with E-state index in [0.29, 0.717) is 13.1 Å². The number of hydrogen-bond donors (Lipinski definition) is 0. The van der Waals surface area contributed by atoms with Gasteiger partial charge in [-0.2, -0.15) is 0 Å². The number of pyridine rings is 2. The summed E-state index contributed by atoms with van der Waals surface area (Å²) in [4.78, 5) is 22.6. The Morgan fingerprint density at radius 1 is 1.00 bits per heavy atom. The van der Waals surface area contributed by atoms with Crippen molar-refractivity contribution in [3.05, 3.63) is 81.3 Å². The largest absolute Gasteiger partial charge is 0.330 e. The lowest BCUT2D eigenvalue weighted by atomic mass is 10.3. The Kier molecular flexibility index (Phi) is 3.51. The molecule has 0 aliphatic carbocycles. The van der Waals surface area contributed by atoms with Crippen LogP contribution in [0.2, 0.25) is 0 Å². The predicted molar refractivity (Wildman–Crippen MR) is 90.8 cm³/mol. The number of imidazole rings is 1. The SMILES string of the molecule is O=c1n(Cc2cccnc2)c2cccnc2n1Cc1cccs1. The average molecular weight is 322 g/mol. The molecular weight excluding hydrogens is 308 g/mol. The van der Waals surface area contributed by atoms with E-state index in [-0.39, 0.29) is 5.69 Å². The van der Waals surface area contributed by atoms with E-state index in [4.69, 9.17) is 0 Å². The second kappa shape index (κ2) is 5.81. The van der Waals surface area contributed by atoms with Crippen molar-refractivity contribution in [1.29, 1.82) is 0 Å². The molecule has 0 amide bonds. The molecule has 4 rings (SSSR count). The quantitative estimate of drug-likeness (QED) is 0.580. The van der Waals surface area contributed by atoms with Crippen molar-refractivity contribution in [1.82, 2.24) is 19.1 Å². The number of thiophene rings is 1. The maximum Gasteiger partial charge on any atom is 0.330 e. The molecule has 0 radical (unpaired) electrons. The minimum atomic E-state index is -0.0454. The minimum absolute atomic E-state index is 0.0454. The molecular formula is C17H14N4OS. The summed E-state index contributed by atoms with van der Waals surface area (Å²) in [5.74, 6) is 0. The molecule has 0 bridgehead atoms. The van der Waals surface area contributed by atoms with Crippen molar-refractivity contribution in [2.75, 3.05) is 0 Å². The minimum Gasteiger partial charge on any atom is -0.286 e. The van der Waals surface area contributed by atoms with Gasteiger partial charge in [0.15, 0.2) is 5.65 Å². The molecule has 0 aromatic carbocycles. The summed E-state index contributed by atoms with van der Waals surface area (Å²) in [6.07, 6.45) is 5.24. The number of fused-ring (bicyclic) bond motifs is 1. The Hall–Kier alpha value is -2.73. The highest BCUT2D eigenvalue weighted by Crippen LogP contribution is 2.15. The van der Waals surface area contributed by atoms with Crippen LogP contribution in [0.1, 0.15) is 10.4 Å². The molecule has 0 aliphatic heterocycles.